The smallest absolute Gasteiger partial charge is 0.320 e. The SMILES string of the molecule is NC(Cc1ccccc1)C(=O)O.N[C@@H](CC1(C(=O)O)C=CC(O)C=C1)C(=O)O. The van der Waals surface area contributed by atoms with Gasteiger partial charge in [-0.25, -0.2) is 0 Å². The zero-order valence-electron chi connectivity index (χ0n) is 15.0. The minimum Gasteiger partial charge on any atom is -0.480 e. The topological polar surface area (TPSA) is 184 Å². The second-order valence-corrected chi connectivity index (χ2v) is 6.34. The van der Waals surface area contributed by atoms with E-state index in [9.17, 15) is 14.4 Å². The molecular weight excluding hydrogens is 368 g/mol. The van der Waals surface area contributed by atoms with E-state index in [1.165, 1.54) is 24.3 Å². The Balaban J connectivity index is 0.000000292. The first-order valence-corrected chi connectivity index (χ1v) is 8.38. The average Bonchev–Trinajstić information content (AvgIpc) is 2.64. The van der Waals surface area contributed by atoms with E-state index in [1.54, 1.807) is 0 Å². The summed E-state index contributed by atoms with van der Waals surface area (Å²) in [6.07, 6.45) is 4.42. The van der Waals surface area contributed by atoms with Gasteiger partial charge in [0, 0.05) is 0 Å². The van der Waals surface area contributed by atoms with Crippen LogP contribution < -0.4 is 11.5 Å². The molecule has 2 rings (SSSR count). The minimum absolute atomic E-state index is 0.253. The van der Waals surface area contributed by atoms with E-state index in [1.807, 2.05) is 30.3 Å². The Morgan fingerprint density at radius 3 is 1.86 bits per heavy atom. The van der Waals surface area contributed by atoms with E-state index < -0.39 is 41.5 Å². The summed E-state index contributed by atoms with van der Waals surface area (Å²) in [4.78, 5) is 32.1. The third-order valence-electron chi connectivity index (χ3n) is 4.07. The van der Waals surface area contributed by atoms with Gasteiger partial charge in [0.1, 0.15) is 17.5 Å². The molecule has 2 atom stereocenters. The lowest BCUT2D eigenvalue weighted by Gasteiger charge is -2.27. The van der Waals surface area contributed by atoms with Crippen LogP contribution in [0.2, 0.25) is 0 Å². The molecule has 0 saturated heterocycles. The van der Waals surface area contributed by atoms with Gasteiger partial charge in [0.25, 0.3) is 0 Å². The van der Waals surface area contributed by atoms with E-state index in [4.69, 9.17) is 31.9 Å². The lowest BCUT2D eigenvalue weighted by atomic mass is 9.78. The Morgan fingerprint density at radius 1 is 0.929 bits per heavy atom. The number of carbonyl (C=O) groups is 3. The predicted molar refractivity (Wildman–Crippen MR) is 100 cm³/mol. The van der Waals surface area contributed by atoms with Crippen molar-refractivity contribution >= 4 is 17.9 Å². The van der Waals surface area contributed by atoms with Crippen molar-refractivity contribution in [1.29, 1.82) is 0 Å². The van der Waals surface area contributed by atoms with Gasteiger partial charge in [-0.15, -0.1) is 0 Å². The summed E-state index contributed by atoms with van der Waals surface area (Å²) in [6.45, 7) is 0. The Bertz CT molecular complexity index is 732. The van der Waals surface area contributed by atoms with Crippen molar-refractivity contribution in [2.75, 3.05) is 0 Å². The second kappa shape index (κ2) is 10.4. The molecule has 0 spiro atoms. The Kier molecular flexibility index (Phi) is 8.52. The number of hydrogen-bond acceptors (Lipinski definition) is 6. The molecule has 0 bridgehead atoms. The molecule has 1 unspecified atom stereocenters. The van der Waals surface area contributed by atoms with Crippen LogP contribution in [0.5, 0.6) is 0 Å². The molecule has 0 saturated carbocycles. The molecule has 9 nitrogen and oxygen atoms in total. The maximum atomic E-state index is 11.1. The van der Waals surface area contributed by atoms with Crippen molar-refractivity contribution < 1.29 is 34.8 Å². The van der Waals surface area contributed by atoms with Gasteiger partial charge >= 0.3 is 17.9 Å². The number of carboxylic acids is 3. The highest BCUT2D eigenvalue weighted by atomic mass is 16.4. The molecule has 0 aromatic heterocycles. The van der Waals surface area contributed by atoms with Gasteiger partial charge in [0.05, 0.1) is 6.10 Å². The minimum atomic E-state index is -1.45. The van der Waals surface area contributed by atoms with Crippen molar-refractivity contribution in [3.05, 3.63) is 60.2 Å². The van der Waals surface area contributed by atoms with E-state index >= 15 is 0 Å². The van der Waals surface area contributed by atoms with Crippen LogP contribution >= 0.6 is 0 Å². The molecule has 1 aromatic carbocycles. The van der Waals surface area contributed by atoms with Gasteiger partial charge in [-0.05, 0) is 18.4 Å². The Labute approximate surface area is 161 Å². The van der Waals surface area contributed by atoms with Crippen LogP contribution in [0.1, 0.15) is 12.0 Å². The molecule has 8 N–H and O–H groups in total. The molecule has 1 aliphatic carbocycles. The molecule has 1 aliphatic rings. The van der Waals surface area contributed by atoms with Gasteiger partial charge in [0.2, 0.25) is 0 Å². The monoisotopic (exact) mass is 392 g/mol. The molecule has 0 fully saturated rings. The highest BCUT2D eigenvalue weighted by molar-refractivity contribution is 5.82. The van der Waals surface area contributed by atoms with Gasteiger partial charge in [-0.1, -0.05) is 54.6 Å². The third-order valence-corrected chi connectivity index (χ3v) is 4.07. The average molecular weight is 392 g/mol. The maximum Gasteiger partial charge on any atom is 0.320 e. The largest absolute Gasteiger partial charge is 0.480 e. The number of nitrogens with two attached hydrogens (primary N) is 2. The van der Waals surface area contributed by atoms with Crippen LogP contribution in [0.4, 0.5) is 0 Å². The first-order valence-electron chi connectivity index (χ1n) is 8.38. The number of aliphatic hydroxyl groups excluding tert-OH is 1. The molecular formula is C19H24N2O7. The Morgan fingerprint density at radius 2 is 1.43 bits per heavy atom. The molecule has 0 radical (unpaired) electrons. The third kappa shape index (κ3) is 6.95. The zero-order chi connectivity index (χ0) is 21.3. The van der Waals surface area contributed by atoms with Gasteiger partial charge in [-0.2, -0.15) is 0 Å². The van der Waals surface area contributed by atoms with Crippen molar-refractivity contribution in [3.63, 3.8) is 0 Å². The zero-order valence-corrected chi connectivity index (χ0v) is 15.0. The lowest BCUT2D eigenvalue weighted by molar-refractivity contribution is -0.145. The van der Waals surface area contributed by atoms with Crippen LogP contribution in [0, 0.1) is 5.41 Å². The summed E-state index contributed by atoms with van der Waals surface area (Å²) in [5, 5.41) is 35.4. The molecule has 0 aliphatic heterocycles. The Hall–Kier alpha value is -3.01. The quantitative estimate of drug-likeness (QED) is 0.347. The maximum absolute atomic E-state index is 11.1. The number of benzene rings is 1. The summed E-state index contributed by atoms with van der Waals surface area (Å²) >= 11 is 0. The fraction of sp³-hybridized carbons (Fsp3) is 0.316. The van der Waals surface area contributed by atoms with Crippen LogP contribution in [0.25, 0.3) is 0 Å². The summed E-state index contributed by atoms with van der Waals surface area (Å²) in [5.41, 5.74) is 10.2. The molecule has 0 amide bonds. The number of aliphatic carboxylic acids is 3. The van der Waals surface area contributed by atoms with Crippen LogP contribution in [-0.4, -0.2) is 56.5 Å². The van der Waals surface area contributed by atoms with Crippen LogP contribution in [0.3, 0.4) is 0 Å². The fourth-order valence-electron chi connectivity index (χ4n) is 2.43. The summed E-state index contributed by atoms with van der Waals surface area (Å²) in [7, 11) is 0. The lowest BCUT2D eigenvalue weighted by Crippen LogP contribution is -2.40. The highest BCUT2D eigenvalue weighted by Gasteiger charge is 2.38. The highest BCUT2D eigenvalue weighted by Crippen LogP contribution is 2.31. The first-order chi connectivity index (χ1) is 13.1. The van der Waals surface area contributed by atoms with Crippen molar-refractivity contribution in [3.8, 4) is 0 Å². The summed E-state index contributed by atoms with van der Waals surface area (Å²) < 4.78 is 0. The van der Waals surface area contributed by atoms with E-state index in [-0.39, 0.29) is 6.42 Å². The standard InChI is InChI=1S/C10H13NO5.C9H11NO2/c11-7(8(13)14)5-10(9(15)16)3-1-6(12)2-4-10;10-8(9(11)12)6-7-4-2-1-3-5-7/h1-4,6-7,12H,5,11H2,(H,13,14)(H,15,16);1-5,8H,6,10H2,(H,11,12)/t6?,7-,10?;/m0./s1. The summed E-state index contributed by atoms with van der Waals surface area (Å²) in [5.74, 6) is -3.41. The first kappa shape index (κ1) is 23.0. The molecule has 0 heterocycles. The normalized spacial score (nSPS) is 22.5. The number of carboxylic acid groups (broad SMARTS) is 3. The number of aliphatic hydroxyl groups is 1. The second-order valence-electron chi connectivity index (χ2n) is 6.34. The van der Waals surface area contributed by atoms with Gasteiger partial charge in [-0.3, -0.25) is 14.4 Å². The van der Waals surface area contributed by atoms with E-state index in [0.717, 1.165) is 5.56 Å². The van der Waals surface area contributed by atoms with Gasteiger partial charge < -0.3 is 31.9 Å². The van der Waals surface area contributed by atoms with Crippen molar-refractivity contribution in [2.24, 2.45) is 16.9 Å². The molecule has 9 heteroatoms. The molecule has 28 heavy (non-hydrogen) atoms. The van der Waals surface area contributed by atoms with E-state index in [0.29, 0.717) is 6.42 Å². The van der Waals surface area contributed by atoms with Crippen LogP contribution in [0.15, 0.2) is 54.6 Å². The van der Waals surface area contributed by atoms with Gasteiger partial charge in [0.15, 0.2) is 0 Å². The number of rotatable bonds is 7. The fourth-order valence-corrected chi connectivity index (χ4v) is 2.43. The molecule has 152 valence electrons. The van der Waals surface area contributed by atoms with Crippen LogP contribution in [-0.2, 0) is 20.8 Å². The summed E-state index contributed by atoms with van der Waals surface area (Å²) in [6, 6.07) is 7.28. The van der Waals surface area contributed by atoms with Crippen molar-refractivity contribution in [1.82, 2.24) is 0 Å². The predicted octanol–water partition coefficient (Wildman–Crippen LogP) is -0.0127. The molecule has 1 aromatic rings. The number of hydrogen-bond donors (Lipinski definition) is 6. The van der Waals surface area contributed by atoms with E-state index in [2.05, 4.69) is 0 Å². The van der Waals surface area contributed by atoms with Crippen molar-refractivity contribution in [2.45, 2.75) is 31.0 Å².